The van der Waals surface area contributed by atoms with Crippen molar-refractivity contribution in [3.8, 4) is 23.0 Å². The van der Waals surface area contributed by atoms with Gasteiger partial charge in [0, 0.05) is 16.8 Å². The number of para-hydroxylation sites is 2. The quantitative estimate of drug-likeness (QED) is 0.0462. The smallest absolute Gasteiger partial charge is 0.339 e. The molecule has 7 rings (SSSR count). The van der Waals surface area contributed by atoms with Gasteiger partial charge in [0.15, 0.2) is 0 Å². The fourth-order valence-electron chi connectivity index (χ4n) is 6.43. The van der Waals surface area contributed by atoms with Crippen LogP contribution in [0.2, 0.25) is 0 Å². The van der Waals surface area contributed by atoms with Crippen LogP contribution < -0.4 is 28.4 Å². The second kappa shape index (κ2) is 23.5. The van der Waals surface area contributed by atoms with Crippen LogP contribution in [0.15, 0.2) is 182 Å². The standard InChI is InChI=1S/C26H29NO6S.C25H21NO8S3/c1-4-26(2,3)19-9-15-22(16-10-19)34(30,31)27-20-11-13-21(14-12-20)32-17-18-33-24-8-6-5-7-23(24)25(28)29;27-25(28)22-8-4-5-9-23(22)34-15-14-33-19-12-10-18(11-13-19)26-37(31,32)24-16-21(17-35-24)36(29,30)20-6-2-1-3-7-20/h5-16,27H,4,17-18H2,1-3H3,(H,28,29);1-13,16-17,26H,14-15H2,(H,27,28). The number of nitrogens with one attached hydrogen (secondary N) is 2. The van der Waals surface area contributed by atoms with Crippen LogP contribution in [0, 0.1) is 0 Å². The summed E-state index contributed by atoms with van der Waals surface area (Å²) in [6, 6.07) is 41.2. The number of hydrogen-bond donors (Lipinski definition) is 4. The zero-order valence-electron chi connectivity index (χ0n) is 38.6. The van der Waals surface area contributed by atoms with Gasteiger partial charge in [0.05, 0.1) is 14.7 Å². The first-order valence-corrected chi connectivity index (χ1v) is 27.0. The van der Waals surface area contributed by atoms with Crippen LogP contribution in [0.25, 0.3) is 0 Å². The number of carboxylic acid groups (broad SMARTS) is 2. The van der Waals surface area contributed by atoms with Crippen molar-refractivity contribution in [3.05, 3.63) is 180 Å². The van der Waals surface area contributed by atoms with Crippen LogP contribution in [0.5, 0.6) is 23.0 Å². The maximum atomic E-state index is 12.8. The van der Waals surface area contributed by atoms with Gasteiger partial charge in [-0.1, -0.05) is 75.4 Å². The summed E-state index contributed by atoms with van der Waals surface area (Å²) < 4.78 is 104. The molecule has 1 heterocycles. The van der Waals surface area contributed by atoms with Crippen LogP contribution in [-0.2, 0) is 35.3 Å². The average Bonchev–Trinajstić information content (AvgIpc) is 3.89. The largest absolute Gasteiger partial charge is 0.490 e. The predicted octanol–water partition coefficient (Wildman–Crippen LogP) is 9.87. The Balaban J connectivity index is 0.000000233. The third-order valence-corrected chi connectivity index (χ3v) is 16.8. The number of rotatable bonds is 22. The lowest BCUT2D eigenvalue weighted by atomic mass is 9.82. The lowest BCUT2D eigenvalue weighted by Crippen LogP contribution is -2.17. The molecule has 0 aliphatic rings. The fourth-order valence-corrected chi connectivity index (χ4v) is 11.4. The maximum absolute atomic E-state index is 12.8. The highest BCUT2D eigenvalue weighted by Gasteiger charge is 2.25. The Hall–Kier alpha value is -7.39. The summed E-state index contributed by atoms with van der Waals surface area (Å²) in [5, 5.41) is 19.6. The van der Waals surface area contributed by atoms with Crippen LogP contribution in [0.3, 0.4) is 0 Å². The molecule has 0 unspecified atom stereocenters. The van der Waals surface area contributed by atoms with Gasteiger partial charge in [0.2, 0.25) is 9.84 Å². The number of hydrogen-bond acceptors (Lipinski definition) is 13. The highest BCUT2D eigenvalue weighted by Crippen LogP contribution is 2.31. The lowest BCUT2D eigenvalue weighted by molar-refractivity contribution is 0.0680. The molecule has 20 heteroatoms. The molecule has 16 nitrogen and oxygen atoms in total. The Bertz CT molecular complexity index is 3250. The first-order chi connectivity index (χ1) is 33.8. The van der Waals surface area contributed by atoms with E-state index in [1.807, 2.05) is 12.1 Å². The minimum Gasteiger partial charge on any atom is -0.490 e. The van der Waals surface area contributed by atoms with Gasteiger partial charge in [0.1, 0.15) is 64.8 Å². The van der Waals surface area contributed by atoms with E-state index in [0.29, 0.717) is 17.2 Å². The molecule has 0 saturated carbocycles. The van der Waals surface area contributed by atoms with Gasteiger partial charge in [-0.2, -0.15) is 0 Å². The summed E-state index contributed by atoms with van der Waals surface area (Å²) in [5.74, 6) is -0.664. The molecule has 7 aromatic rings. The molecule has 0 spiro atoms. The molecular weight excluding hydrogens is 993 g/mol. The van der Waals surface area contributed by atoms with Crippen molar-refractivity contribution in [3.63, 3.8) is 0 Å². The van der Waals surface area contributed by atoms with E-state index in [1.165, 1.54) is 41.8 Å². The molecule has 0 fully saturated rings. The molecular formula is C51H50N2O14S4. The first-order valence-electron chi connectivity index (χ1n) is 21.7. The van der Waals surface area contributed by atoms with E-state index < -0.39 is 41.8 Å². The predicted molar refractivity (Wildman–Crippen MR) is 269 cm³/mol. The van der Waals surface area contributed by atoms with Crippen molar-refractivity contribution >= 4 is 64.5 Å². The van der Waals surface area contributed by atoms with E-state index in [9.17, 15) is 45.1 Å². The molecule has 0 amide bonds. The van der Waals surface area contributed by atoms with E-state index in [4.69, 9.17) is 18.9 Å². The molecule has 0 aliphatic heterocycles. The number of sulfonamides is 2. The minimum atomic E-state index is -4.02. The number of ether oxygens (including phenoxy) is 4. The van der Waals surface area contributed by atoms with Gasteiger partial charge >= 0.3 is 11.9 Å². The van der Waals surface area contributed by atoms with Crippen LogP contribution in [-0.4, -0.2) is 73.8 Å². The number of sulfone groups is 1. The minimum absolute atomic E-state index is 0.0176. The average molecular weight is 1040 g/mol. The van der Waals surface area contributed by atoms with Crippen molar-refractivity contribution in [1.29, 1.82) is 0 Å². The van der Waals surface area contributed by atoms with E-state index in [1.54, 1.807) is 103 Å². The van der Waals surface area contributed by atoms with Crippen molar-refractivity contribution < 1.29 is 64.0 Å². The van der Waals surface area contributed by atoms with E-state index in [-0.39, 0.29) is 79.1 Å². The highest BCUT2D eigenvalue weighted by atomic mass is 32.2. The second-order valence-corrected chi connectivity index (χ2v) is 22.4. The van der Waals surface area contributed by atoms with Gasteiger partial charge in [-0.3, -0.25) is 9.44 Å². The summed E-state index contributed by atoms with van der Waals surface area (Å²) in [6.45, 7) is 6.94. The van der Waals surface area contributed by atoms with E-state index >= 15 is 0 Å². The van der Waals surface area contributed by atoms with Crippen molar-refractivity contribution in [2.45, 2.75) is 51.5 Å². The van der Waals surface area contributed by atoms with E-state index in [2.05, 4.69) is 30.2 Å². The molecule has 0 bridgehead atoms. The van der Waals surface area contributed by atoms with Crippen LogP contribution in [0.4, 0.5) is 11.4 Å². The van der Waals surface area contributed by atoms with Crippen molar-refractivity contribution in [2.75, 3.05) is 35.9 Å². The Morgan fingerprint density at radius 1 is 0.521 bits per heavy atom. The Labute approximate surface area is 416 Å². The number of benzene rings is 6. The third-order valence-electron chi connectivity index (χ3n) is 10.7. The molecule has 0 atom stereocenters. The van der Waals surface area contributed by atoms with Gasteiger partial charge < -0.3 is 29.2 Å². The SMILES string of the molecule is CCC(C)(C)c1ccc(S(=O)(=O)Nc2ccc(OCCOc3ccccc3C(=O)O)cc2)cc1.O=C(O)c1ccccc1OCCOc1ccc(NS(=O)(=O)c2cc(S(=O)(=O)c3ccccc3)cs2)cc1. The highest BCUT2D eigenvalue weighted by molar-refractivity contribution is 7.95. The van der Waals surface area contributed by atoms with E-state index in [0.717, 1.165) is 29.4 Å². The molecule has 1 aromatic heterocycles. The van der Waals surface area contributed by atoms with Gasteiger partial charge in [-0.25, -0.2) is 34.8 Å². The van der Waals surface area contributed by atoms with Crippen molar-refractivity contribution in [1.82, 2.24) is 0 Å². The normalized spacial score (nSPS) is 11.6. The first kappa shape index (κ1) is 53.0. The summed E-state index contributed by atoms with van der Waals surface area (Å²) in [6.07, 6.45) is 0.952. The monoisotopic (exact) mass is 1040 g/mol. The Morgan fingerprint density at radius 2 is 0.958 bits per heavy atom. The third kappa shape index (κ3) is 14.3. The summed E-state index contributed by atoms with van der Waals surface area (Å²) in [7, 11) is -11.6. The Morgan fingerprint density at radius 3 is 1.42 bits per heavy atom. The number of carboxylic acids is 2. The zero-order valence-corrected chi connectivity index (χ0v) is 41.8. The second-order valence-electron chi connectivity index (χ2n) is 15.9. The molecule has 0 saturated heterocycles. The maximum Gasteiger partial charge on any atom is 0.339 e. The number of carbonyl (C=O) groups is 2. The number of aromatic carboxylic acids is 2. The lowest BCUT2D eigenvalue weighted by Gasteiger charge is -2.23. The molecule has 4 N–H and O–H groups in total. The summed E-state index contributed by atoms with van der Waals surface area (Å²) >= 11 is 0.810. The van der Waals surface area contributed by atoms with Gasteiger partial charge in [-0.05, 0) is 121 Å². The molecule has 6 aromatic carbocycles. The topological polar surface area (TPSA) is 238 Å². The fraction of sp³-hybridized carbons (Fsp3) is 0.176. The molecule has 71 heavy (non-hydrogen) atoms. The van der Waals surface area contributed by atoms with Gasteiger partial charge in [0.25, 0.3) is 20.0 Å². The molecule has 0 radical (unpaired) electrons. The number of thiophene rings is 1. The van der Waals surface area contributed by atoms with Gasteiger partial charge in [-0.15, -0.1) is 11.3 Å². The summed E-state index contributed by atoms with van der Waals surface area (Å²) in [5.41, 5.74) is 1.89. The molecule has 0 aliphatic carbocycles. The van der Waals surface area contributed by atoms with Crippen molar-refractivity contribution in [2.24, 2.45) is 0 Å². The molecule has 372 valence electrons. The Kier molecular flexibility index (Phi) is 17.5. The van der Waals surface area contributed by atoms with Crippen LogP contribution >= 0.6 is 11.3 Å². The van der Waals surface area contributed by atoms with Crippen LogP contribution in [0.1, 0.15) is 53.5 Å². The number of anilines is 2. The summed E-state index contributed by atoms with van der Waals surface area (Å²) in [4.78, 5) is 22.6. The zero-order chi connectivity index (χ0) is 51.2.